The molecule has 1 saturated carbocycles. The number of nitrogens with one attached hydrogen (secondary N) is 1. The van der Waals surface area contributed by atoms with Crippen LogP contribution in [0.3, 0.4) is 0 Å². The molecule has 0 bridgehead atoms. The molecular weight excluding hydrogens is 250 g/mol. The summed E-state index contributed by atoms with van der Waals surface area (Å²) in [5.41, 5.74) is 1.13. The van der Waals surface area contributed by atoms with Crippen molar-refractivity contribution in [3.05, 3.63) is 34.9 Å². The van der Waals surface area contributed by atoms with Crippen molar-refractivity contribution < 1.29 is 14.8 Å². The maximum absolute atomic E-state index is 10.9. The van der Waals surface area contributed by atoms with Crippen LogP contribution in [0.1, 0.15) is 31.2 Å². The van der Waals surface area contributed by atoms with Gasteiger partial charge in [0, 0.05) is 10.6 Å². The van der Waals surface area contributed by atoms with Crippen molar-refractivity contribution in [2.45, 2.75) is 38.3 Å². The molecule has 3 nitrogen and oxygen atoms in total. The molecule has 1 unspecified atom stereocenters. The number of carboxylic acids is 1. The van der Waals surface area contributed by atoms with E-state index in [9.17, 15) is 9.90 Å². The summed E-state index contributed by atoms with van der Waals surface area (Å²) < 4.78 is 0. The van der Waals surface area contributed by atoms with Gasteiger partial charge in [-0.3, -0.25) is 0 Å². The van der Waals surface area contributed by atoms with Crippen LogP contribution in [0.2, 0.25) is 5.02 Å². The van der Waals surface area contributed by atoms with Crippen molar-refractivity contribution in [1.29, 1.82) is 0 Å². The van der Waals surface area contributed by atoms with Gasteiger partial charge in [0.25, 0.3) is 0 Å². The van der Waals surface area contributed by atoms with Gasteiger partial charge in [-0.2, -0.15) is 0 Å². The van der Waals surface area contributed by atoms with Crippen molar-refractivity contribution >= 4 is 17.6 Å². The van der Waals surface area contributed by atoms with Crippen LogP contribution < -0.4 is 10.0 Å². The Balaban J connectivity index is 2.03. The van der Waals surface area contributed by atoms with E-state index in [1.807, 2.05) is 24.3 Å². The highest BCUT2D eigenvalue weighted by atomic mass is 35.5. The molecule has 1 N–H and O–H groups in total. The molecular formula is C14H18ClNO2. The number of hydrogen-bond acceptors (Lipinski definition) is 2. The van der Waals surface area contributed by atoms with Gasteiger partial charge in [0.15, 0.2) is 0 Å². The van der Waals surface area contributed by atoms with Gasteiger partial charge >= 0.3 is 0 Å². The number of carbonyl (C=O) groups excluding carboxylic acids is 1. The lowest BCUT2D eigenvalue weighted by atomic mass is 10.1. The van der Waals surface area contributed by atoms with Crippen LogP contribution in [0.5, 0.6) is 0 Å². The molecule has 0 aromatic heterocycles. The molecule has 98 valence electrons. The quantitative estimate of drug-likeness (QED) is 0.840. The molecule has 1 aromatic rings. The zero-order chi connectivity index (χ0) is 13.0. The predicted octanol–water partition coefficient (Wildman–Crippen LogP) is 0.417. The van der Waals surface area contributed by atoms with Gasteiger partial charge in [0.05, 0.1) is 12.0 Å². The Kier molecular flexibility index (Phi) is 4.61. The number of benzene rings is 1. The molecule has 1 atom stereocenters. The minimum atomic E-state index is -0.967. The Morgan fingerprint density at radius 3 is 2.44 bits per heavy atom. The molecule has 1 aliphatic rings. The fourth-order valence-corrected chi connectivity index (χ4v) is 2.86. The Hall–Kier alpha value is -1.06. The van der Waals surface area contributed by atoms with Gasteiger partial charge in [-0.05, 0) is 37.8 Å². The molecule has 4 heteroatoms. The molecule has 1 fully saturated rings. The van der Waals surface area contributed by atoms with Crippen molar-refractivity contribution in [1.82, 2.24) is 0 Å². The van der Waals surface area contributed by atoms with Crippen LogP contribution in [0.4, 0.5) is 0 Å². The Bertz CT molecular complexity index is 399. The molecule has 1 aliphatic carbocycles. The minimum absolute atomic E-state index is 0.0906. The third-order valence-electron chi connectivity index (χ3n) is 3.65. The van der Waals surface area contributed by atoms with E-state index >= 15 is 0 Å². The molecule has 0 saturated heterocycles. The van der Waals surface area contributed by atoms with E-state index < -0.39 is 5.97 Å². The lowest BCUT2D eigenvalue weighted by molar-refractivity contribution is -0.932. The van der Waals surface area contributed by atoms with E-state index in [0.717, 1.165) is 29.8 Å². The predicted molar refractivity (Wildman–Crippen MR) is 68.2 cm³/mol. The SMILES string of the molecule is O=C([O-])C[NH+](Cc1ccc(Cl)cc1)C1CCCC1. The summed E-state index contributed by atoms with van der Waals surface area (Å²) >= 11 is 5.85. The third-order valence-corrected chi connectivity index (χ3v) is 3.90. The van der Waals surface area contributed by atoms with Gasteiger partial charge in [-0.15, -0.1) is 0 Å². The van der Waals surface area contributed by atoms with Crippen molar-refractivity contribution in [3.63, 3.8) is 0 Å². The van der Waals surface area contributed by atoms with Crippen LogP contribution in [0.25, 0.3) is 0 Å². The van der Waals surface area contributed by atoms with E-state index in [1.54, 1.807) is 0 Å². The number of rotatable bonds is 5. The zero-order valence-electron chi connectivity index (χ0n) is 10.3. The van der Waals surface area contributed by atoms with Gasteiger partial charge in [0.2, 0.25) is 0 Å². The second-order valence-electron chi connectivity index (χ2n) is 4.99. The number of aliphatic carboxylic acids is 1. The third kappa shape index (κ3) is 3.72. The maximum Gasteiger partial charge on any atom is 0.118 e. The molecule has 1 aromatic carbocycles. The van der Waals surface area contributed by atoms with Crippen LogP contribution in [0.15, 0.2) is 24.3 Å². The lowest BCUT2D eigenvalue weighted by Crippen LogP contribution is -3.15. The molecule has 0 spiro atoms. The average molecular weight is 268 g/mol. The van der Waals surface area contributed by atoms with Gasteiger partial charge in [-0.25, -0.2) is 0 Å². The van der Waals surface area contributed by atoms with Crippen LogP contribution in [-0.2, 0) is 11.3 Å². The second-order valence-corrected chi connectivity index (χ2v) is 5.43. The van der Waals surface area contributed by atoms with E-state index in [0.29, 0.717) is 11.1 Å². The van der Waals surface area contributed by atoms with Crippen molar-refractivity contribution in [2.75, 3.05) is 6.54 Å². The van der Waals surface area contributed by atoms with Crippen molar-refractivity contribution in [2.24, 2.45) is 0 Å². The van der Waals surface area contributed by atoms with Crippen LogP contribution in [-0.4, -0.2) is 18.6 Å². The van der Waals surface area contributed by atoms with Gasteiger partial charge < -0.3 is 14.8 Å². The molecule has 0 aliphatic heterocycles. The molecule has 0 radical (unpaired) electrons. The minimum Gasteiger partial charge on any atom is -0.544 e. The molecule has 0 heterocycles. The summed E-state index contributed by atoms with van der Waals surface area (Å²) in [6.07, 6.45) is 4.66. The zero-order valence-corrected chi connectivity index (χ0v) is 11.1. The summed E-state index contributed by atoms with van der Waals surface area (Å²) in [4.78, 5) is 12.0. The normalized spacial score (nSPS) is 17.8. The average Bonchev–Trinajstić information content (AvgIpc) is 2.84. The van der Waals surface area contributed by atoms with Gasteiger partial charge in [0.1, 0.15) is 13.1 Å². The highest BCUT2D eigenvalue weighted by Crippen LogP contribution is 2.16. The summed E-state index contributed by atoms with van der Waals surface area (Å²) in [7, 11) is 0. The molecule has 2 rings (SSSR count). The summed E-state index contributed by atoms with van der Waals surface area (Å²) in [6, 6.07) is 8.09. The first-order valence-electron chi connectivity index (χ1n) is 6.44. The highest BCUT2D eigenvalue weighted by molar-refractivity contribution is 6.30. The number of halogens is 1. The van der Waals surface area contributed by atoms with Crippen molar-refractivity contribution in [3.8, 4) is 0 Å². The maximum atomic E-state index is 10.9. The number of carbonyl (C=O) groups is 1. The topological polar surface area (TPSA) is 44.6 Å². The van der Waals surface area contributed by atoms with Gasteiger partial charge in [-0.1, -0.05) is 23.7 Å². The van der Waals surface area contributed by atoms with E-state index in [2.05, 4.69) is 0 Å². The fourth-order valence-electron chi connectivity index (χ4n) is 2.74. The van der Waals surface area contributed by atoms with Crippen LogP contribution >= 0.6 is 11.6 Å². The first-order valence-corrected chi connectivity index (χ1v) is 6.82. The smallest absolute Gasteiger partial charge is 0.118 e. The second kappa shape index (κ2) is 6.21. The lowest BCUT2D eigenvalue weighted by Gasteiger charge is -2.26. The van der Waals surface area contributed by atoms with E-state index in [1.165, 1.54) is 12.8 Å². The highest BCUT2D eigenvalue weighted by Gasteiger charge is 2.26. The van der Waals surface area contributed by atoms with E-state index in [4.69, 9.17) is 11.6 Å². The summed E-state index contributed by atoms with van der Waals surface area (Å²) in [6.45, 7) is 0.823. The molecule has 0 amide bonds. The number of carboxylic acid groups (broad SMARTS) is 1. The summed E-state index contributed by atoms with van der Waals surface area (Å²) in [5, 5.41) is 11.6. The van der Waals surface area contributed by atoms with Crippen LogP contribution in [0, 0.1) is 0 Å². The molecule has 18 heavy (non-hydrogen) atoms. The van der Waals surface area contributed by atoms with E-state index in [-0.39, 0.29) is 6.54 Å². The summed E-state index contributed by atoms with van der Waals surface area (Å²) in [5.74, 6) is -0.967. The monoisotopic (exact) mass is 267 g/mol. The first kappa shape index (κ1) is 13.4. The Labute approximate surface area is 112 Å². The standard InChI is InChI=1S/C14H18ClNO2/c15-12-7-5-11(6-8-12)9-16(10-14(17)18)13-3-1-2-4-13/h5-8,13H,1-4,9-10H2,(H,17,18). The Morgan fingerprint density at radius 1 is 1.28 bits per heavy atom. The largest absolute Gasteiger partial charge is 0.544 e. The number of hydrogen-bond donors (Lipinski definition) is 1. The Morgan fingerprint density at radius 2 is 1.89 bits per heavy atom. The first-order chi connectivity index (χ1) is 8.65. The number of quaternary nitrogens is 1. The fraction of sp³-hybridized carbons (Fsp3) is 0.500.